The van der Waals surface area contributed by atoms with Crippen molar-refractivity contribution in [2.45, 2.75) is 24.7 Å². The summed E-state index contributed by atoms with van der Waals surface area (Å²) in [6, 6.07) is -0.827. The molecule has 0 N–H and O–H groups in total. The van der Waals surface area contributed by atoms with Gasteiger partial charge in [0.15, 0.2) is 17.5 Å². The lowest BCUT2D eigenvalue weighted by Gasteiger charge is -2.22. The van der Waals surface area contributed by atoms with Gasteiger partial charge in [0.05, 0.1) is 22.3 Å². The molecule has 0 bridgehead atoms. The monoisotopic (exact) mass is 568 g/mol. The summed E-state index contributed by atoms with van der Waals surface area (Å²) in [7, 11) is 0. The maximum absolute atomic E-state index is 14.0. The topological polar surface area (TPSA) is 0 Å². The number of alkyl halides is 12. The highest BCUT2D eigenvalue weighted by atomic mass is 19.4. The molecular formula is C22H8BF15. The van der Waals surface area contributed by atoms with Crippen molar-refractivity contribution < 1.29 is 65.9 Å². The second kappa shape index (κ2) is 9.45. The van der Waals surface area contributed by atoms with Gasteiger partial charge in [0.25, 0.3) is 0 Å². The molecule has 0 fully saturated rings. The van der Waals surface area contributed by atoms with Gasteiger partial charge >= 0.3 is 24.7 Å². The summed E-state index contributed by atoms with van der Waals surface area (Å²) in [5.41, 5.74) is -11.6. The predicted octanol–water partition coefficient (Wildman–Crippen LogP) is 6.70. The summed E-state index contributed by atoms with van der Waals surface area (Å²) < 4.78 is 202. The molecule has 0 heterocycles. The third-order valence-electron chi connectivity index (χ3n) is 5.23. The summed E-state index contributed by atoms with van der Waals surface area (Å²) >= 11 is 0. The molecule has 0 aromatic heterocycles. The highest BCUT2D eigenvalue weighted by Crippen LogP contribution is 2.36. The summed E-state index contributed by atoms with van der Waals surface area (Å²) in [5.74, 6) is -6.28. The third-order valence-corrected chi connectivity index (χ3v) is 5.23. The molecule has 0 saturated heterocycles. The van der Waals surface area contributed by atoms with Crippen molar-refractivity contribution in [3.63, 3.8) is 0 Å². The van der Waals surface area contributed by atoms with Gasteiger partial charge in [0.1, 0.15) is 0 Å². The summed E-state index contributed by atoms with van der Waals surface area (Å²) in [4.78, 5) is 0. The van der Waals surface area contributed by atoms with Gasteiger partial charge in [-0.05, 0) is 24.3 Å². The molecule has 3 rings (SSSR count). The lowest BCUT2D eigenvalue weighted by atomic mass is 9.36. The van der Waals surface area contributed by atoms with E-state index in [0.717, 1.165) is 0 Å². The van der Waals surface area contributed by atoms with Crippen molar-refractivity contribution in [2.75, 3.05) is 0 Å². The van der Waals surface area contributed by atoms with Crippen molar-refractivity contribution in [3.8, 4) is 0 Å². The molecule has 204 valence electrons. The standard InChI is InChI=1S/C22H8BF15/c24-16-7-15(8-17(25)18(16)26)23(13-3-9(19(27,28)29)1-10(4-13)20(30,31)32)14-5-11(21(33,34)35)2-12(6-14)22(36,37)38/h1-8H. The van der Waals surface area contributed by atoms with Crippen molar-refractivity contribution in [2.24, 2.45) is 0 Å². The van der Waals surface area contributed by atoms with Gasteiger partial charge in [-0.15, -0.1) is 0 Å². The second-order valence-corrected chi connectivity index (χ2v) is 7.91. The number of benzene rings is 3. The molecule has 3 aromatic carbocycles. The van der Waals surface area contributed by atoms with E-state index >= 15 is 0 Å². The zero-order chi connectivity index (χ0) is 29.0. The van der Waals surface area contributed by atoms with E-state index in [1.807, 2.05) is 0 Å². The molecule has 0 aliphatic heterocycles. The van der Waals surface area contributed by atoms with E-state index in [1.54, 1.807) is 0 Å². The van der Waals surface area contributed by atoms with Crippen LogP contribution >= 0.6 is 0 Å². The van der Waals surface area contributed by atoms with E-state index in [-0.39, 0.29) is 48.5 Å². The van der Waals surface area contributed by atoms with Crippen LogP contribution in [0.3, 0.4) is 0 Å². The third kappa shape index (κ3) is 6.21. The molecule has 0 amide bonds. The Hall–Kier alpha value is -3.33. The average molecular weight is 568 g/mol. The van der Waals surface area contributed by atoms with E-state index < -0.39 is 87.5 Å². The van der Waals surface area contributed by atoms with Crippen LogP contribution in [-0.2, 0) is 24.7 Å². The van der Waals surface area contributed by atoms with Gasteiger partial charge in [0.2, 0.25) is 6.71 Å². The maximum Gasteiger partial charge on any atom is 0.416 e. The Bertz CT molecular complexity index is 1180. The van der Waals surface area contributed by atoms with Crippen molar-refractivity contribution in [1.82, 2.24) is 0 Å². The van der Waals surface area contributed by atoms with E-state index in [4.69, 9.17) is 0 Å². The lowest BCUT2D eigenvalue weighted by Crippen LogP contribution is -2.53. The number of hydrogen-bond donors (Lipinski definition) is 0. The highest BCUT2D eigenvalue weighted by molar-refractivity contribution is 6.95. The molecule has 0 saturated carbocycles. The molecule has 0 nitrogen and oxygen atoms in total. The zero-order valence-corrected chi connectivity index (χ0v) is 17.9. The molecule has 0 unspecified atom stereocenters. The van der Waals surface area contributed by atoms with Crippen LogP contribution in [0.15, 0.2) is 48.5 Å². The van der Waals surface area contributed by atoms with Crippen LogP contribution in [0.2, 0.25) is 0 Å². The van der Waals surface area contributed by atoms with Crippen LogP contribution in [0.4, 0.5) is 65.9 Å². The van der Waals surface area contributed by atoms with Gasteiger partial charge < -0.3 is 0 Å². The Kier molecular flexibility index (Phi) is 7.27. The Morgan fingerprint density at radius 1 is 0.368 bits per heavy atom. The molecule has 0 aliphatic rings. The average Bonchev–Trinajstić information content (AvgIpc) is 2.75. The SMILES string of the molecule is Fc1cc(B(c2cc(C(F)(F)F)cc(C(F)(F)F)c2)c2cc(C(F)(F)F)cc(C(F)(F)F)c2)cc(F)c1F. The first-order chi connectivity index (χ1) is 17.1. The van der Waals surface area contributed by atoms with Gasteiger partial charge in [-0.1, -0.05) is 40.7 Å². The van der Waals surface area contributed by atoms with Crippen LogP contribution < -0.4 is 16.4 Å². The van der Waals surface area contributed by atoms with Gasteiger partial charge in [-0.2, -0.15) is 52.7 Å². The van der Waals surface area contributed by atoms with E-state index in [9.17, 15) is 65.9 Å². The zero-order valence-electron chi connectivity index (χ0n) is 17.9. The van der Waals surface area contributed by atoms with Crippen LogP contribution in [0.25, 0.3) is 0 Å². The normalized spacial score (nSPS) is 13.1. The first-order valence-corrected chi connectivity index (χ1v) is 9.82. The number of rotatable bonds is 3. The Balaban J connectivity index is 2.49. The first kappa shape index (κ1) is 29.2. The largest absolute Gasteiger partial charge is 0.416 e. The van der Waals surface area contributed by atoms with Crippen molar-refractivity contribution in [1.29, 1.82) is 0 Å². The fraction of sp³-hybridized carbons (Fsp3) is 0.182. The summed E-state index contributed by atoms with van der Waals surface area (Å²) in [6.45, 7) is -2.48. The minimum Gasteiger partial charge on any atom is -0.204 e. The predicted molar refractivity (Wildman–Crippen MR) is 104 cm³/mol. The molecule has 0 radical (unpaired) electrons. The van der Waals surface area contributed by atoms with Gasteiger partial charge in [-0.3, -0.25) is 0 Å². The van der Waals surface area contributed by atoms with Crippen molar-refractivity contribution in [3.05, 3.63) is 88.2 Å². The van der Waals surface area contributed by atoms with E-state index in [0.29, 0.717) is 0 Å². The molecule has 0 aliphatic carbocycles. The molecular weight excluding hydrogens is 560 g/mol. The van der Waals surface area contributed by atoms with Gasteiger partial charge in [0, 0.05) is 0 Å². The second-order valence-electron chi connectivity index (χ2n) is 7.91. The molecule has 0 atom stereocenters. The fourth-order valence-electron chi connectivity index (χ4n) is 3.61. The molecule has 0 spiro atoms. The van der Waals surface area contributed by atoms with E-state index in [1.165, 1.54) is 0 Å². The summed E-state index contributed by atoms with van der Waals surface area (Å²) in [5, 5.41) is 0. The van der Waals surface area contributed by atoms with Gasteiger partial charge in [-0.25, -0.2) is 13.2 Å². The molecule has 3 aromatic rings. The quantitative estimate of drug-likeness (QED) is 0.188. The molecule has 16 heteroatoms. The maximum atomic E-state index is 14.0. The number of halogens is 15. The molecule has 38 heavy (non-hydrogen) atoms. The minimum absolute atomic E-state index is 0.0319. The van der Waals surface area contributed by atoms with Crippen LogP contribution in [0.1, 0.15) is 22.3 Å². The Labute approximate surface area is 202 Å². The Morgan fingerprint density at radius 2 is 0.605 bits per heavy atom. The first-order valence-electron chi connectivity index (χ1n) is 9.82. The Morgan fingerprint density at radius 3 is 0.842 bits per heavy atom. The number of hydrogen-bond acceptors (Lipinski definition) is 0. The fourth-order valence-corrected chi connectivity index (χ4v) is 3.61. The lowest BCUT2D eigenvalue weighted by molar-refractivity contribution is -0.144. The van der Waals surface area contributed by atoms with Crippen LogP contribution in [0.5, 0.6) is 0 Å². The van der Waals surface area contributed by atoms with Crippen LogP contribution in [-0.4, -0.2) is 6.71 Å². The van der Waals surface area contributed by atoms with E-state index in [2.05, 4.69) is 0 Å². The highest BCUT2D eigenvalue weighted by Gasteiger charge is 2.41. The smallest absolute Gasteiger partial charge is 0.204 e. The minimum atomic E-state index is -5.50. The summed E-state index contributed by atoms with van der Waals surface area (Å²) in [6.07, 6.45) is -22.0. The van der Waals surface area contributed by atoms with Crippen molar-refractivity contribution >= 4 is 23.1 Å². The van der Waals surface area contributed by atoms with Crippen LogP contribution in [0, 0.1) is 17.5 Å².